The van der Waals surface area contributed by atoms with Crippen LogP contribution in [0.2, 0.25) is 0 Å². The third-order valence-corrected chi connectivity index (χ3v) is 7.25. The van der Waals surface area contributed by atoms with E-state index in [4.69, 9.17) is 15.5 Å². The maximum Gasteiger partial charge on any atom is 0.339 e. The largest absolute Gasteiger partial charge is 0.452 e. The normalized spacial score (nSPS) is 12.4. The van der Waals surface area contributed by atoms with Crippen LogP contribution in [-0.2, 0) is 22.4 Å². The number of nitrogens with one attached hydrogen (secondary N) is 1. The van der Waals surface area contributed by atoms with Crippen molar-refractivity contribution in [2.75, 3.05) is 11.9 Å². The van der Waals surface area contributed by atoms with E-state index in [0.29, 0.717) is 32.7 Å². The van der Waals surface area contributed by atoms with Crippen molar-refractivity contribution < 1.29 is 19.1 Å². The number of para-hydroxylation sites is 1. The fourth-order valence-electron chi connectivity index (χ4n) is 4.34. The van der Waals surface area contributed by atoms with Gasteiger partial charge in [0.05, 0.1) is 22.3 Å². The number of aryl methyl sites for hydroxylation is 2. The highest BCUT2D eigenvalue weighted by molar-refractivity contribution is 7.17. The van der Waals surface area contributed by atoms with Gasteiger partial charge in [0, 0.05) is 15.8 Å². The SMILES string of the molecule is Cc1ccc(-c2cc(C(=O)OCC(=O)Nc3sc4c(c3C(N)=O)CCC4)c3ccccc3n2)cc1. The molecule has 176 valence electrons. The minimum Gasteiger partial charge on any atom is -0.452 e. The molecule has 0 radical (unpaired) electrons. The zero-order valence-corrected chi connectivity index (χ0v) is 19.9. The average molecular weight is 486 g/mol. The zero-order chi connectivity index (χ0) is 24.5. The fraction of sp³-hybridized carbons (Fsp3) is 0.185. The Balaban J connectivity index is 1.36. The number of aromatic nitrogens is 1. The van der Waals surface area contributed by atoms with Crippen molar-refractivity contribution in [1.82, 2.24) is 4.98 Å². The van der Waals surface area contributed by atoms with Crippen LogP contribution in [-0.4, -0.2) is 29.4 Å². The second kappa shape index (κ2) is 9.31. The second-order valence-electron chi connectivity index (χ2n) is 8.49. The van der Waals surface area contributed by atoms with Crippen molar-refractivity contribution in [2.24, 2.45) is 5.73 Å². The van der Waals surface area contributed by atoms with Crippen molar-refractivity contribution in [3.05, 3.63) is 81.7 Å². The number of primary amides is 1. The highest BCUT2D eigenvalue weighted by atomic mass is 32.1. The molecule has 1 aliphatic carbocycles. The Hall–Kier alpha value is -4.04. The van der Waals surface area contributed by atoms with Crippen LogP contribution in [0.1, 0.15) is 43.1 Å². The molecule has 2 heterocycles. The van der Waals surface area contributed by atoms with Gasteiger partial charge >= 0.3 is 5.97 Å². The van der Waals surface area contributed by atoms with Crippen LogP contribution in [0.25, 0.3) is 22.2 Å². The molecule has 7 nitrogen and oxygen atoms in total. The first-order valence-corrected chi connectivity index (χ1v) is 12.1. The molecule has 2 aromatic carbocycles. The number of pyridine rings is 1. The molecule has 2 amide bonds. The number of fused-ring (bicyclic) bond motifs is 2. The van der Waals surface area contributed by atoms with E-state index < -0.39 is 24.4 Å². The zero-order valence-electron chi connectivity index (χ0n) is 19.1. The summed E-state index contributed by atoms with van der Waals surface area (Å²) in [5.41, 5.74) is 10.5. The average Bonchev–Trinajstić information content (AvgIpc) is 3.43. The standard InChI is InChI=1S/C27H23N3O4S/c1-15-9-11-16(12-10-15)21-13-19(17-5-2-3-7-20(17)29-21)27(33)34-14-23(31)30-26-24(25(28)32)18-6-4-8-22(18)35-26/h2-3,5,7,9-13H,4,6,8,14H2,1H3,(H2,28,32)(H,30,31). The van der Waals surface area contributed by atoms with Crippen molar-refractivity contribution in [2.45, 2.75) is 26.2 Å². The molecule has 3 N–H and O–H groups in total. The number of ether oxygens (including phenoxy) is 1. The number of thiophene rings is 1. The van der Waals surface area contributed by atoms with Gasteiger partial charge in [-0.1, -0.05) is 48.0 Å². The summed E-state index contributed by atoms with van der Waals surface area (Å²) in [6.07, 6.45) is 2.61. The van der Waals surface area contributed by atoms with E-state index in [1.165, 1.54) is 11.3 Å². The van der Waals surface area contributed by atoms with Gasteiger partial charge < -0.3 is 15.8 Å². The first-order valence-electron chi connectivity index (χ1n) is 11.3. The summed E-state index contributed by atoms with van der Waals surface area (Å²) in [5, 5.41) is 3.75. The number of nitrogens with two attached hydrogens (primary N) is 1. The van der Waals surface area contributed by atoms with Gasteiger partial charge in [-0.05, 0) is 43.9 Å². The van der Waals surface area contributed by atoms with Crippen molar-refractivity contribution >= 4 is 45.0 Å². The van der Waals surface area contributed by atoms with Crippen molar-refractivity contribution in [1.29, 1.82) is 0 Å². The van der Waals surface area contributed by atoms with Crippen LogP contribution in [0.4, 0.5) is 5.00 Å². The van der Waals surface area contributed by atoms with Crippen LogP contribution >= 0.6 is 11.3 Å². The van der Waals surface area contributed by atoms with Gasteiger partial charge in [-0.15, -0.1) is 11.3 Å². The number of benzene rings is 2. The summed E-state index contributed by atoms with van der Waals surface area (Å²) in [5.74, 6) is -1.72. The molecule has 5 rings (SSSR count). The topological polar surface area (TPSA) is 111 Å². The molecule has 0 fully saturated rings. The van der Waals surface area contributed by atoms with E-state index >= 15 is 0 Å². The summed E-state index contributed by atoms with van der Waals surface area (Å²) in [6, 6.07) is 16.8. The number of anilines is 1. The van der Waals surface area contributed by atoms with Crippen molar-refractivity contribution in [3.8, 4) is 11.3 Å². The molecular formula is C27H23N3O4S. The number of hydrogen-bond donors (Lipinski definition) is 2. The fourth-order valence-corrected chi connectivity index (χ4v) is 5.65. The van der Waals surface area contributed by atoms with E-state index in [2.05, 4.69) is 5.32 Å². The Kier molecular flexibility index (Phi) is 6.05. The van der Waals surface area contributed by atoms with Gasteiger partial charge in [0.25, 0.3) is 11.8 Å². The van der Waals surface area contributed by atoms with Crippen LogP contribution in [0.5, 0.6) is 0 Å². The van der Waals surface area contributed by atoms with Crippen LogP contribution in [0, 0.1) is 6.92 Å². The number of hydrogen-bond acceptors (Lipinski definition) is 6. The second-order valence-corrected chi connectivity index (χ2v) is 9.59. The number of esters is 1. The third kappa shape index (κ3) is 4.52. The van der Waals surface area contributed by atoms with Gasteiger partial charge in [0.1, 0.15) is 5.00 Å². The molecule has 4 aromatic rings. The molecule has 0 aliphatic heterocycles. The molecule has 0 saturated carbocycles. The predicted molar refractivity (Wildman–Crippen MR) is 136 cm³/mol. The molecule has 0 bridgehead atoms. The van der Waals surface area contributed by atoms with Crippen LogP contribution in [0.3, 0.4) is 0 Å². The van der Waals surface area contributed by atoms with Crippen LogP contribution < -0.4 is 11.1 Å². The van der Waals surface area contributed by atoms with E-state index in [0.717, 1.165) is 40.8 Å². The monoisotopic (exact) mass is 485 g/mol. The molecule has 2 aromatic heterocycles. The lowest BCUT2D eigenvalue weighted by molar-refractivity contribution is -0.119. The van der Waals surface area contributed by atoms with Gasteiger partial charge in [0.15, 0.2) is 6.61 Å². The summed E-state index contributed by atoms with van der Waals surface area (Å²) < 4.78 is 5.37. The quantitative estimate of drug-likeness (QED) is 0.386. The molecule has 1 aliphatic rings. The summed E-state index contributed by atoms with van der Waals surface area (Å²) in [7, 11) is 0. The highest BCUT2D eigenvalue weighted by Gasteiger charge is 2.26. The molecule has 0 spiro atoms. The number of nitrogens with zero attached hydrogens (tertiary/aromatic N) is 1. The summed E-state index contributed by atoms with van der Waals surface area (Å²) >= 11 is 1.36. The Morgan fingerprint density at radius 1 is 1.09 bits per heavy atom. The number of carbonyl (C=O) groups excluding carboxylic acids is 3. The van der Waals surface area contributed by atoms with Gasteiger partial charge in [-0.2, -0.15) is 0 Å². The van der Waals surface area contributed by atoms with Gasteiger partial charge in [-0.25, -0.2) is 9.78 Å². The van der Waals surface area contributed by atoms with Gasteiger partial charge in [-0.3, -0.25) is 9.59 Å². The predicted octanol–water partition coefficient (Wildman–Crippen LogP) is 4.65. The molecule has 0 atom stereocenters. The van der Waals surface area contributed by atoms with Gasteiger partial charge in [0.2, 0.25) is 0 Å². The Morgan fingerprint density at radius 3 is 2.63 bits per heavy atom. The summed E-state index contributed by atoms with van der Waals surface area (Å²) in [4.78, 5) is 43.3. The molecule has 35 heavy (non-hydrogen) atoms. The lowest BCUT2D eigenvalue weighted by Crippen LogP contribution is -2.23. The first kappa shape index (κ1) is 22.7. The number of rotatable bonds is 6. The Labute approximate surface area is 205 Å². The highest BCUT2D eigenvalue weighted by Crippen LogP contribution is 2.38. The maximum atomic E-state index is 13.0. The third-order valence-electron chi connectivity index (χ3n) is 6.04. The van der Waals surface area contributed by atoms with E-state index in [9.17, 15) is 14.4 Å². The number of carbonyl (C=O) groups is 3. The Morgan fingerprint density at radius 2 is 1.86 bits per heavy atom. The van der Waals surface area contributed by atoms with E-state index in [-0.39, 0.29) is 0 Å². The molecular weight excluding hydrogens is 462 g/mol. The number of amides is 2. The molecule has 8 heteroatoms. The smallest absolute Gasteiger partial charge is 0.339 e. The Bertz CT molecular complexity index is 1470. The first-order chi connectivity index (χ1) is 16.9. The lowest BCUT2D eigenvalue weighted by atomic mass is 10.0. The van der Waals surface area contributed by atoms with Crippen molar-refractivity contribution in [3.63, 3.8) is 0 Å². The lowest BCUT2D eigenvalue weighted by Gasteiger charge is -2.11. The van der Waals surface area contributed by atoms with E-state index in [1.807, 2.05) is 49.4 Å². The molecule has 0 saturated heterocycles. The van der Waals surface area contributed by atoms with E-state index in [1.54, 1.807) is 12.1 Å². The van der Waals surface area contributed by atoms with Crippen LogP contribution in [0.15, 0.2) is 54.6 Å². The summed E-state index contributed by atoms with van der Waals surface area (Å²) in [6.45, 7) is 1.51. The minimum atomic E-state index is -0.629. The maximum absolute atomic E-state index is 13.0. The minimum absolute atomic E-state index is 0.326. The molecule has 0 unspecified atom stereocenters.